The highest BCUT2D eigenvalue weighted by Crippen LogP contribution is 2.66. The van der Waals surface area contributed by atoms with E-state index in [0.29, 0.717) is 13.0 Å². The van der Waals surface area contributed by atoms with Gasteiger partial charge in [0.15, 0.2) is 12.3 Å². The number of amides is 1. The number of H-pyrrole nitrogens is 1. The van der Waals surface area contributed by atoms with Gasteiger partial charge in [-0.2, -0.15) is 8.62 Å². The van der Waals surface area contributed by atoms with Crippen LogP contribution in [0, 0.1) is 0 Å². The van der Waals surface area contributed by atoms with Gasteiger partial charge in [0.05, 0.1) is 6.61 Å². The smallest absolute Gasteiger partial charge is 0.439 e. The Morgan fingerprint density at radius 3 is 2.36 bits per heavy atom. The lowest BCUT2D eigenvalue weighted by atomic mass is 10.1. The van der Waals surface area contributed by atoms with Crippen LogP contribution in [-0.4, -0.2) is 78.3 Å². The van der Waals surface area contributed by atoms with Crippen LogP contribution in [0.2, 0.25) is 0 Å². The number of phosphoric acid groups is 3. The highest BCUT2D eigenvalue weighted by molar-refractivity contribution is 7.66. The second kappa shape index (κ2) is 14.2. The molecular formula is C16H29N4O16P3. The van der Waals surface area contributed by atoms with Crippen LogP contribution >= 0.6 is 23.5 Å². The first-order valence-corrected chi connectivity index (χ1v) is 15.6. The normalized spacial score (nSPS) is 24.6. The Labute approximate surface area is 219 Å². The predicted molar refractivity (Wildman–Crippen MR) is 127 cm³/mol. The van der Waals surface area contributed by atoms with Crippen molar-refractivity contribution in [2.45, 2.75) is 50.2 Å². The number of carbonyl (C=O) groups excluding carboxylic acids is 1. The molecule has 0 aliphatic carbocycles. The first-order chi connectivity index (χ1) is 18.0. The van der Waals surface area contributed by atoms with E-state index in [9.17, 15) is 43.0 Å². The summed E-state index contributed by atoms with van der Waals surface area (Å²) in [5.74, 6) is 0. The molecule has 1 aromatic rings. The summed E-state index contributed by atoms with van der Waals surface area (Å²) in [6.45, 7) is -0.363. The highest BCUT2D eigenvalue weighted by atomic mass is 31.3. The van der Waals surface area contributed by atoms with Crippen LogP contribution in [0.3, 0.4) is 0 Å². The second-order valence-electron chi connectivity index (χ2n) is 7.96. The minimum atomic E-state index is -5.80. The summed E-state index contributed by atoms with van der Waals surface area (Å²) in [7, 11) is -17.0. The average molecular weight is 626 g/mol. The summed E-state index contributed by atoms with van der Waals surface area (Å²) in [5, 5.41) is 13.1. The van der Waals surface area contributed by atoms with Gasteiger partial charge in [0.2, 0.25) is 0 Å². The number of hydrogen-bond donors (Lipinski definition) is 8. The average Bonchev–Trinajstić information content (AvgIpc) is 3.07. The van der Waals surface area contributed by atoms with Gasteiger partial charge < -0.3 is 45.2 Å². The molecular weight excluding hydrogens is 597 g/mol. The Morgan fingerprint density at radius 2 is 1.74 bits per heavy atom. The Kier molecular flexibility index (Phi) is 12.2. The van der Waals surface area contributed by atoms with E-state index in [1.807, 2.05) is 4.98 Å². The molecule has 0 radical (unpaired) electrons. The number of aliphatic hydroxyl groups excluding tert-OH is 1. The molecule has 1 aromatic heterocycles. The number of aromatic amines is 1. The van der Waals surface area contributed by atoms with Crippen molar-refractivity contribution in [3.05, 3.63) is 33.1 Å². The lowest BCUT2D eigenvalue weighted by molar-refractivity contribution is -0.0562. The molecule has 1 amide bonds. The molecule has 1 aliphatic rings. The first kappa shape index (κ1) is 33.4. The number of phosphoric ester groups is 1. The largest absolute Gasteiger partial charge is 0.490 e. The van der Waals surface area contributed by atoms with Crippen molar-refractivity contribution in [3.8, 4) is 0 Å². The van der Waals surface area contributed by atoms with Crippen molar-refractivity contribution in [3.63, 3.8) is 0 Å². The van der Waals surface area contributed by atoms with E-state index in [4.69, 9.17) is 25.0 Å². The molecule has 2 heterocycles. The van der Waals surface area contributed by atoms with Crippen LogP contribution < -0.4 is 22.3 Å². The maximum Gasteiger partial charge on any atom is 0.490 e. The van der Waals surface area contributed by atoms with Crippen molar-refractivity contribution in [2.24, 2.45) is 5.73 Å². The van der Waals surface area contributed by atoms with Crippen molar-refractivity contribution in [1.29, 1.82) is 0 Å². The summed E-state index contributed by atoms with van der Waals surface area (Å²) in [5.41, 5.74) is 3.61. The quantitative estimate of drug-likeness (QED) is 0.0833. The number of carbonyl (C=O) groups is 1. The Morgan fingerprint density at radius 1 is 1.08 bits per heavy atom. The summed E-state index contributed by atoms with van der Waals surface area (Å²) >= 11 is 0. The number of nitrogens with one attached hydrogen (secondary N) is 2. The lowest BCUT2D eigenvalue weighted by Gasteiger charge is -2.22. The molecule has 39 heavy (non-hydrogen) atoms. The van der Waals surface area contributed by atoms with Gasteiger partial charge in [-0.1, -0.05) is 12.8 Å². The molecule has 6 atom stereocenters. The van der Waals surface area contributed by atoms with Crippen LogP contribution in [0.15, 0.2) is 21.9 Å². The molecule has 224 valence electrons. The molecule has 0 bridgehead atoms. The third-order valence-electron chi connectivity index (χ3n) is 4.90. The van der Waals surface area contributed by atoms with Crippen LogP contribution in [0.1, 0.15) is 31.9 Å². The first-order valence-electron chi connectivity index (χ1n) is 11.1. The van der Waals surface area contributed by atoms with Gasteiger partial charge in [0.1, 0.15) is 12.2 Å². The van der Waals surface area contributed by atoms with Crippen molar-refractivity contribution >= 4 is 29.6 Å². The molecule has 0 spiro atoms. The summed E-state index contributed by atoms with van der Waals surface area (Å²) in [6.07, 6.45) is -3.75. The fourth-order valence-electron chi connectivity index (χ4n) is 3.28. The zero-order valence-electron chi connectivity index (χ0n) is 20.0. The molecule has 1 saturated heterocycles. The van der Waals surface area contributed by atoms with Crippen LogP contribution in [-0.2, 0) is 36.3 Å². The molecule has 20 nitrogen and oxygen atoms in total. The molecule has 9 N–H and O–H groups in total. The van der Waals surface area contributed by atoms with E-state index in [1.54, 1.807) is 0 Å². The number of unbranched alkanes of at least 4 members (excludes halogenated alkanes) is 3. The number of aromatic nitrogens is 2. The molecule has 0 saturated carbocycles. The van der Waals surface area contributed by atoms with Crippen molar-refractivity contribution < 1.29 is 65.8 Å². The molecule has 1 fully saturated rings. The van der Waals surface area contributed by atoms with Crippen molar-refractivity contribution in [1.82, 2.24) is 14.9 Å². The van der Waals surface area contributed by atoms with E-state index in [0.717, 1.165) is 36.1 Å². The van der Waals surface area contributed by atoms with Gasteiger partial charge in [-0.15, -0.1) is 0 Å². The van der Waals surface area contributed by atoms with Gasteiger partial charge in [0, 0.05) is 18.8 Å². The monoisotopic (exact) mass is 626 g/mol. The van der Waals surface area contributed by atoms with E-state index < -0.39 is 72.0 Å². The van der Waals surface area contributed by atoms with E-state index in [-0.39, 0.29) is 6.54 Å². The summed E-state index contributed by atoms with van der Waals surface area (Å²) < 4.78 is 57.2. The highest BCUT2D eigenvalue weighted by Gasteiger charge is 2.49. The molecule has 0 aromatic carbocycles. The maximum atomic E-state index is 12.3. The molecule has 2 rings (SSSR count). The number of hydrogen-bond acceptors (Lipinski definition) is 13. The number of aliphatic hydroxyl groups is 1. The SMILES string of the molecule is NCCCCCCNC(=O)OC1C(O)C(COP(=O)(O)OP(=O)(O)OP(=O)(O)O)OC1n1ccc(=O)[nH]c1=O. The van der Waals surface area contributed by atoms with Gasteiger partial charge in [-0.3, -0.25) is 18.9 Å². The van der Waals surface area contributed by atoms with Crippen molar-refractivity contribution in [2.75, 3.05) is 19.7 Å². The third kappa shape index (κ3) is 11.3. The van der Waals surface area contributed by atoms with E-state index in [2.05, 4.69) is 18.5 Å². The van der Waals surface area contributed by atoms with Gasteiger partial charge in [-0.25, -0.2) is 23.3 Å². The third-order valence-corrected chi connectivity index (χ3v) is 8.70. The lowest BCUT2D eigenvalue weighted by Crippen LogP contribution is -2.42. The van der Waals surface area contributed by atoms with Gasteiger partial charge in [-0.05, 0) is 19.4 Å². The summed E-state index contributed by atoms with van der Waals surface area (Å²) in [6, 6.07) is 0.926. The van der Waals surface area contributed by atoms with Gasteiger partial charge >= 0.3 is 35.3 Å². The number of rotatable bonds is 15. The predicted octanol–water partition coefficient (Wildman–Crippen LogP) is -1.25. The minimum Gasteiger partial charge on any atom is -0.439 e. The Balaban J connectivity index is 2.12. The van der Waals surface area contributed by atoms with Crippen LogP contribution in [0.25, 0.3) is 0 Å². The zero-order chi connectivity index (χ0) is 29.4. The number of alkyl carbamates (subject to hydrolysis) is 1. The van der Waals surface area contributed by atoms with Gasteiger partial charge in [0.25, 0.3) is 5.56 Å². The summed E-state index contributed by atoms with van der Waals surface area (Å²) in [4.78, 5) is 74.0. The Bertz CT molecular complexity index is 1230. The second-order valence-corrected chi connectivity index (χ2v) is 12.4. The zero-order valence-corrected chi connectivity index (χ0v) is 22.7. The topological polar surface area (TPSA) is 308 Å². The van der Waals surface area contributed by atoms with Crippen LogP contribution in [0.4, 0.5) is 4.79 Å². The fraction of sp³-hybridized carbons (Fsp3) is 0.688. The van der Waals surface area contributed by atoms with Crippen LogP contribution in [0.5, 0.6) is 0 Å². The molecule has 23 heteroatoms. The van der Waals surface area contributed by atoms with E-state index in [1.165, 1.54) is 0 Å². The fourth-order valence-corrected chi connectivity index (χ4v) is 6.31. The molecule has 1 aliphatic heterocycles. The number of nitrogens with two attached hydrogens (primary N) is 1. The minimum absolute atomic E-state index is 0.200. The number of nitrogens with zero attached hydrogens (tertiary/aromatic N) is 1. The molecule has 6 unspecified atom stereocenters. The maximum absolute atomic E-state index is 12.3. The standard InChI is InChI=1S/C16H29N4O16P3/c17-6-3-1-2-4-7-18-16(24)34-13-12(22)10(33-14(13)20-8-5-11(21)19-15(20)23)9-32-38(28,29)36-39(30,31)35-37(25,26)27/h5,8,10,12-14,22H,1-4,6-7,9,17H2,(H,18,24)(H,28,29)(H,30,31)(H,19,21,23)(H2,25,26,27). The number of ether oxygens (including phenoxy) is 2. The Hall–Kier alpha value is -1.76. The van der Waals surface area contributed by atoms with E-state index >= 15 is 0 Å².